The largest absolute Gasteiger partial charge is 0.293 e. The molecule has 0 saturated heterocycles. The smallest absolute Gasteiger partial charge is 0.156 e. The Morgan fingerprint density at radius 1 is 0.473 bits per heavy atom. The van der Waals surface area contributed by atoms with E-state index in [0.717, 1.165) is 55.9 Å². The van der Waals surface area contributed by atoms with E-state index in [1.807, 2.05) is 12.4 Å². The number of aromatic nitrogens is 4. The Morgan fingerprint density at radius 2 is 0.945 bits per heavy atom. The first-order valence-corrected chi connectivity index (χ1v) is 19.2. The second kappa shape index (κ2) is 13.5. The van der Waals surface area contributed by atoms with E-state index in [0.29, 0.717) is 11.8 Å². The van der Waals surface area contributed by atoms with Gasteiger partial charge in [0.05, 0.1) is 23.8 Å². The van der Waals surface area contributed by atoms with Gasteiger partial charge in [-0.1, -0.05) is 114 Å². The Kier molecular flexibility index (Phi) is 8.42. The summed E-state index contributed by atoms with van der Waals surface area (Å²) in [4.78, 5) is 23.6. The number of rotatable bonds is 8. The fourth-order valence-electron chi connectivity index (χ4n) is 8.39. The minimum absolute atomic E-state index is 0.212. The normalized spacial score (nSPS) is 13.0. The van der Waals surface area contributed by atoms with Gasteiger partial charge in [-0.2, -0.15) is 0 Å². The van der Waals surface area contributed by atoms with Gasteiger partial charge in [0, 0.05) is 63.1 Å². The summed E-state index contributed by atoms with van der Waals surface area (Å²) in [5.41, 5.74) is 11.6. The number of fused-ring (bicyclic) bond motifs is 5. The molecule has 0 saturated carbocycles. The lowest BCUT2D eigenvalue weighted by Gasteiger charge is -2.32. The average Bonchev–Trinajstić information content (AvgIpc) is 3.44. The van der Waals surface area contributed by atoms with Crippen molar-refractivity contribution in [2.75, 3.05) is 9.80 Å². The Hall–Kier alpha value is -6.40. The maximum atomic E-state index is 4.95. The lowest BCUT2D eigenvalue weighted by molar-refractivity contribution is 0.661. The summed E-state index contributed by atoms with van der Waals surface area (Å²) in [6.07, 6.45) is 10.7. The van der Waals surface area contributed by atoms with E-state index in [2.05, 4.69) is 171 Å². The van der Waals surface area contributed by atoms with Crippen molar-refractivity contribution < 1.29 is 0 Å². The molecule has 0 unspecified atom stereocenters. The van der Waals surface area contributed by atoms with Crippen LogP contribution in [0.2, 0.25) is 0 Å². The third-order valence-corrected chi connectivity index (χ3v) is 11.3. The summed E-state index contributed by atoms with van der Waals surface area (Å²) in [5, 5.41) is 4.39. The van der Waals surface area contributed by atoms with Crippen LogP contribution in [0, 0.1) is 0 Å². The molecule has 2 heterocycles. The predicted molar refractivity (Wildman–Crippen MR) is 228 cm³/mol. The van der Waals surface area contributed by atoms with Gasteiger partial charge in [0.2, 0.25) is 0 Å². The van der Waals surface area contributed by atoms with E-state index < -0.39 is 0 Å². The SMILES string of the molecule is CC(C)c1ccc(N(c2cnccn2)c2c3ccccc3c(N(c3ccc(C(C)C)cc3)c3cnccn3)c3cc4c(cc23)-c2ccccc2C4(C)C)cc1. The molecule has 0 bridgehead atoms. The van der Waals surface area contributed by atoms with Crippen molar-refractivity contribution >= 4 is 55.9 Å². The molecule has 9 rings (SSSR count). The van der Waals surface area contributed by atoms with Crippen molar-refractivity contribution in [1.29, 1.82) is 0 Å². The molecule has 270 valence electrons. The molecule has 8 aromatic rings. The number of benzene rings is 6. The van der Waals surface area contributed by atoms with E-state index in [9.17, 15) is 0 Å². The standard InChI is InChI=1S/C49H44N6/c1-31(2)33-15-19-35(20-16-33)54(45-29-50-23-25-52-45)47-38-12-7-8-13-39(38)48(55(46-30-51-24-26-53-46)36-21-17-34(18-22-36)32(3)4)42-28-44-40(27-41(42)47)37-11-9-10-14-43(37)49(44,5)6/h7-32H,1-6H3. The van der Waals surface area contributed by atoms with Crippen LogP contribution < -0.4 is 9.80 Å². The zero-order valence-corrected chi connectivity index (χ0v) is 32.2. The molecule has 55 heavy (non-hydrogen) atoms. The van der Waals surface area contributed by atoms with Crippen LogP contribution in [0.25, 0.3) is 32.7 Å². The third-order valence-electron chi connectivity index (χ3n) is 11.3. The monoisotopic (exact) mass is 716 g/mol. The van der Waals surface area contributed by atoms with Crippen molar-refractivity contribution in [3.05, 3.63) is 169 Å². The van der Waals surface area contributed by atoms with Crippen molar-refractivity contribution in [2.24, 2.45) is 0 Å². The molecule has 0 amide bonds. The summed E-state index contributed by atoms with van der Waals surface area (Å²) in [5.74, 6) is 2.31. The van der Waals surface area contributed by atoms with Crippen LogP contribution in [-0.4, -0.2) is 19.9 Å². The second-order valence-corrected chi connectivity index (χ2v) is 15.6. The Labute approximate surface area is 323 Å². The maximum Gasteiger partial charge on any atom is 0.156 e. The topological polar surface area (TPSA) is 58.0 Å². The molecule has 1 aliphatic rings. The highest BCUT2D eigenvalue weighted by molar-refractivity contribution is 6.24. The fraction of sp³-hybridized carbons (Fsp3) is 0.184. The summed E-state index contributed by atoms with van der Waals surface area (Å²) in [6.45, 7) is 13.6. The minimum Gasteiger partial charge on any atom is -0.293 e. The fourth-order valence-corrected chi connectivity index (χ4v) is 8.39. The summed E-state index contributed by atoms with van der Waals surface area (Å²) in [7, 11) is 0. The molecule has 0 aliphatic heterocycles. The zero-order valence-electron chi connectivity index (χ0n) is 32.2. The molecule has 6 nitrogen and oxygen atoms in total. The lowest BCUT2D eigenvalue weighted by Crippen LogP contribution is -2.17. The van der Waals surface area contributed by atoms with Crippen LogP contribution in [0.1, 0.15) is 75.6 Å². The molecule has 6 aromatic carbocycles. The van der Waals surface area contributed by atoms with Gasteiger partial charge in [-0.15, -0.1) is 0 Å². The molecule has 0 radical (unpaired) electrons. The van der Waals surface area contributed by atoms with Gasteiger partial charge in [0.25, 0.3) is 0 Å². The Morgan fingerprint density at radius 3 is 1.42 bits per heavy atom. The molecule has 0 N–H and O–H groups in total. The lowest BCUT2D eigenvalue weighted by atomic mass is 9.81. The average molecular weight is 717 g/mol. The van der Waals surface area contributed by atoms with Gasteiger partial charge in [-0.25, -0.2) is 9.97 Å². The molecule has 1 aliphatic carbocycles. The zero-order chi connectivity index (χ0) is 37.8. The van der Waals surface area contributed by atoms with Gasteiger partial charge in [-0.05, 0) is 81.6 Å². The number of anilines is 6. The quantitative estimate of drug-likeness (QED) is 0.115. The van der Waals surface area contributed by atoms with Gasteiger partial charge < -0.3 is 0 Å². The summed E-state index contributed by atoms with van der Waals surface area (Å²) in [6, 6.07) is 40.3. The van der Waals surface area contributed by atoms with Gasteiger partial charge >= 0.3 is 0 Å². The molecule has 0 spiro atoms. The van der Waals surface area contributed by atoms with Crippen LogP contribution in [0.15, 0.2) is 146 Å². The predicted octanol–water partition coefficient (Wildman–Crippen LogP) is 13.1. The van der Waals surface area contributed by atoms with E-state index in [-0.39, 0.29) is 5.41 Å². The third kappa shape index (κ3) is 5.72. The van der Waals surface area contributed by atoms with Crippen molar-refractivity contribution in [2.45, 2.75) is 58.8 Å². The number of hydrogen-bond donors (Lipinski definition) is 0. The highest BCUT2D eigenvalue weighted by Gasteiger charge is 2.37. The number of hydrogen-bond acceptors (Lipinski definition) is 6. The maximum absolute atomic E-state index is 4.95. The second-order valence-electron chi connectivity index (χ2n) is 15.6. The van der Waals surface area contributed by atoms with E-state index in [4.69, 9.17) is 9.97 Å². The van der Waals surface area contributed by atoms with Crippen molar-refractivity contribution in [1.82, 2.24) is 19.9 Å². The van der Waals surface area contributed by atoms with E-state index >= 15 is 0 Å². The summed E-state index contributed by atoms with van der Waals surface area (Å²) >= 11 is 0. The van der Waals surface area contributed by atoms with E-state index in [1.54, 1.807) is 24.8 Å². The van der Waals surface area contributed by atoms with Crippen molar-refractivity contribution in [3.8, 4) is 11.1 Å². The minimum atomic E-state index is -0.212. The first kappa shape index (κ1) is 34.4. The van der Waals surface area contributed by atoms with Crippen LogP contribution in [0.4, 0.5) is 34.4 Å². The number of nitrogens with zero attached hydrogens (tertiary/aromatic N) is 6. The first-order valence-electron chi connectivity index (χ1n) is 19.2. The van der Waals surface area contributed by atoms with Gasteiger partial charge in [0.1, 0.15) is 0 Å². The van der Waals surface area contributed by atoms with Crippen LogP contribution in [0.5, 0.6) is 0 Å². The Bertz CT molecular complexity index is 2670. The molecular weight excluding hydrogens is 673 g/mol. The Balaban J connectivity index is 1.45. The molecular formula is C49H44N6. The van der Waals surface area contributed by atoms with Crippen LogP contribution >= 0.6 is 0 Å². The molecule has 6 heteroatoms. The van der Waals surface area contributed by atoms with Crippen molar-refractivity contribution in [3.63, 3.8) is 0 Å². The van der Waals surface area contributed by atoms with Gasteiger partial charge in [-0.3, -0.25) is 19.8 Å². The van der Waals surface area contributed by atoms with Gasteiger partial charge in [0.15, 0.2) is 11.6 Å². The summed E-state index contributed by atoms with van der Waals surface area (Å²) < 4.78 is 0. The molecule has 2 aromatic heterocycles. The van der Waals surface area contributed by atoms with Crippen LogP contribution in [-0.2, 0) is 5.41 Å². The van der Waals surface area contributed by atoms with E-state index in [1.165, 1.54) is 33.4 Å². The molecule has 0 fully saturated rings. The van der Waals surface area contributed by atoms with Crippen LogP contribution in [0.3, 0.4) is 0 Å². The molecule has 0 atom stereocenters. The first-order chi connectivity index (χ1) is 26.7. The highest BCUT2D eigenvalue weighted by atomic mass is 15.2. The highest BCUT2D eigenvalue weighted by Crippen LogP contribution is 2.55.